The molecule has 0 aliphatic heterocycles. The van der Waals surface area contributed by atoms with Gasteiger partial charge in [0.1, 0.15) is 31.8 Å². The fourth-order valence-corrected chi connectivity index (χ4v) is 10.3. The van der Waals surface area contributed by atoms with Crippen LogP contribution in [0, 0.1) is 0 Å². The van der Waals surface area contributed by atoms with Crippen LogP contribution in [0.15, 0.2) is 206 Å². The van der Waals surface area contributed by atoms with Crippen molar-refractivity contribution < 1.29 is 17.3 Å². The van der Waals surface area contributed by atoms with Gasteiger partial charge >= 0.3 is 27.0 Å². The number of pyridine rings is 1. The molecule has 0 radical (unpaired) electrons. The Labute approximate surface area is 302 Å². The molecule has 0 aliphatic carbocycles. The van der Waals surface area contributed by atoms with Gasteiger partial charge < -0.3 is 5.73 Å². The third-order valence-corrected chi connectivity index (χ3v) is 12.7. The van der Waals surface area contributed by atoms with Gasteiger partial charge in [-0.3, -0.25) is 4.98 Å². The fraction of sp³-hybridized carbons (Fsp3) is 0.0238. The topological polar surface area (TPSA) is 36.7 Å². The zero-order valence-corrected chi connectivity index (χ0v) is 31.2. The van der Waals surface area contributed by atoms with E-state index in [1.165, 1.54) is 31.8 Å². The van der Waals surface area contributed by atoms with Crippen LogP contribution >= 0.6 is 25.5 Å². The molecule has 2 nitrogen and oxygen atoms in total. The molecule has 0 amide bonds. The minimum atomic E-state index is -0.877. The van der Waals surface area contributed by atoms with Crippen molar-refractivity contribution in [2.45, 2.75) is 6.54 Å². The number of aromatic nitrogens is 1. The first-order valence-electron chi connectivity index (χ1n) is 15.6. The number of hydrogen-bond acceptors (Lipinski definition) is 1. The molecule has 242 valence electrons. The summed E-state index contributed by atoms with van der Waals surface area (Å²) >= 11 is 1.62. The molecule has 0 unspecified atom stereocenters. The second kappa shape index (κ2) is 22.0. The Bertz CT molecular complexity index is 1500. The van der Waals surface area contributed by atoms with Gasteiger partial charge in [0, 0.05) is 11.9 Å². The van der Waals surface area contributed by atoms with Gasteiger partial charge in [-0.2, -0.15) is 0 Å². The summed E-state index contributed by atoms with van der Waals surface area (Å²) < 4.78 is 0. The molecule has 0 saturated heterocycles. The van der Waals surface area contributed by atoms with Crippen molar-refractivity contribution in [3.63, 3.8) is 0 Å². The van der Waals surface area contributed by atoms with Crippen molar-refractivity contribution in [1.29, 1.82) is 0 Å². The molecule has 0 saturated carbocycles. The van der Waals surface area contributed by atoms with E-state index < -0.39 is 15.8 Å². The number of nitrogens with one attached hydrogen (secondary N) is 1. The Kier molecular flexibility index (Phi) is 16.9. The van der Waals surface area contributed by atoms with Crippen LogP contribution in [-0.2, 0) is 23.9 Å². The van der Waals surface area contributed by atoms with Gasteiger partial charge in [-0.25, -0.2) is 0 Å². The molecule has 0 bridgehead atoms. The van der Waals surface area contributed by atoms with E-state index in [1.54, 1.807) is 23.5 Å². The van der Waals surface area contributed by atoms with Crippen molar-refractivity contribution in [2.75, 3.05) is 0 Å². The maximum atomic E-state index is 6.88. The molecule has 0 spiro atoms. The SMILES string of the molecule is [Cl][RuH].[NH-]Cc1ccccn1.c1ccc([PH+](c2ccccc2)c2ccccc2)cc1.c1ccc([PH+](c2ccccc2)c2ccccc2)cc1. The van der Waals surface area contributed by atoms with Crippen LogP contribution in [0.1, 0.15) is 5.69 Å². The van der Waals surface area contributed by atoms with E-state index in [1.807, 2.05) is 18.2 Å². The van der Waals surface area contributed by atoms with E-state index in [2.05, 4.69) is 197 Å². The van der Waals surface area contributed by atoms with Gasteiger partial charge in [-0.05, 0) is 84.9 Å². The van der Waals surface area contributed by atoms with Crippen LogP contribution in [0.2, 0.25) is 0 Å². The third kappa shape index (κ3) is 11.7. The molecular weight excluding hydrogens is 731 g/mol. The Hall–Kier alpha value is -3.80. The summed E-state index contributed by atoms with van der Waals surface area (Å²) in [5.74, 6) is 0. The summed E-state index contributed by atoms with van der Waals surface area (Å²) in [6, 6.07) is 70.6. The van der Waals surface area contributed by atoms with Crippen molar-refractivity contribution in [1.82, 2.24) is 4.98 Å². The van der Waals surface area contributed by atoms with Crippen LogP contribution in [0.4, 0.5) is 0 Å². The van der Waals surface area contributed by atoms with E-state index in [4.69, 9.17) is 5.73 Å². The van der Waals surface area contributed by atoms with Gasteiger partial charge in [-0.15, -0.1) is 6.54 Å². The van der Waals surface area contributed by atoms with Crippen molar-refractivity contribution in [2.24, 2.45) is 0 Å². The molecule has 1 heterocycles. The molecule has 6 heteroatoms. The van der Waals surface area contributed by atoms with E-state index >= 15 is 0 Å². The largest absolute Gasteiger partial charge is 0.672 e. The normalized spacial score (nSPS) is 10.0. The fourth-order valence-electron chi connectivity index (χ4n) is 5.13. The quantitative estimate of drug-likeness (QED) is 0.119. The second-order valence-electron chi connectivity index (χ2n) is 10.4. The zero-order valence-electron chi connectivity index (χ0n) is 26.5. The van der Waals surface area contributed by atoms with Crippen LogP contribution < -0.4 is 31.8 Å². The van der Waals surface area contributed by atoms with Crippen LogP contribution in [-0.4, -0.2) is 4.98 Å². The predicted octanol–water partition coefficient (Wildman–Crippen LogP) is 8.41. The average Bonchev–Trinajstić information content (AvgIpc) is 3.19. The molecule has 1 aromatic heterocycles. The van der Waals surface area contributed by atoms with Gasteiger partial charge in [0.15, 0.2) is 0 Å². The summed E-state index contributed by atoms with van der Waals surface area (Å²) in [6.07, 6.45) is 1.70. The van der Waals surface area contributed by atoms with E-state index in [0.29, 0.717) is 0 Å². The van der Waals surface area contributed by atoms with Crippen LogP contribution in [0.25, 0.3) is 5.73 Å². The van der Waals surface area contributed by atoms with Gasteiger partial charge in [-0.1, -0.05) is 115 Å². The Morgan fingerprint density at radius 1 is 0.375 bits per heavy atom. The second-order valence-corrected chi connectivity index (χ2v) is 15.4. The van der Waals surface area contributed by atoms with E-state index in [-0.39, 0.29) is 6.54 Å². The Morgan fingerprint density at radius 2 is 0.604 bits per heavy atom. The van der Waals surface area contributed by atoms with Crippen molar-refractivity contribution in [3.05, 3.63) is 218 Å². The first kappa shape index (κ1) is 37.0. The minimum Gasteiger partial charge on any atom is -0.672 e. The first-order chi connectivity index (χ1) is 23.8. The molecule has 6 aromatic carbocycles. The zero-order chi connectivity index (χ0) is 33.7. The molecule has 48 heavy (non-hydrogen) atoms. The molecule has 0 aliphatic rings. The Morgan fingerprint density at radius 3 is 0.771 bits per heavy atom. The van der Waals surface area contributed by atoms with E-state index in [9.17, 15) is 0 Å². The minimum absolute atomic E-state index is 0.279. The summed E-state index contributed by atoms with van der Waals surface area (Å²) in [4.78, 5) is 3.91. The third-order valence-electron chi connectivity index (χ3n) is 7.28. The molecular formula is C42H40ClN2P2Ru+. The number of benzene rings is 6. The maximum Gasteiger partial charge on any atom is 0.102 e. The smallest absolute Gasteiger partial charge is 0.102 e. The summed E-state index contributed by atoms with van der Waals surface area (Å²) in [7, 11) is 2.85. The molecule has 1 N–H and O–H groups in total. The first-order valence-corrected chi connectivity index (χ1v) is 21.0. The maximum absolute atomic E-state index is 6.88. The number of hydrogen-bond donors (Lipinski definition) is 0. The summed E-state index contributed by atoms with van der Waals surface area (Å²) in [5.41, 5.74) is 7.71. The van der Waals surface area contributed by atoms with Gasteiger partial charge in [0.05, 0.1) is 15.8 Å². The standard InChI is InChI=1S/2C18H15P.C6H7N2.ClH.Ru.H/c2*1-4-10-16(11-5-1)19(17-12-6-2-7-13-17)18-14-8-3-9-15-18;7-5-6-3-1-2-4-8-6;;;/h2*1-15H;1-4,7H,5H2;1H;;/q;;-1;;+1;/p+1. The summed E-state index contributed by atoms with van der Waals surface area (Å²) in [5, 5.41) is 8.61. The van der Waals surface area contributed by atoms with Crippen molar-refractivity contribution >= 4 is 57.4 Å². The molecule has 7 rings (SSSR count). The number of halogens is 1. The molecule has 0 atom stereocenters. The van der Waals surface area contributed by atoms with E-state index in [0.717, 1.165) is 5.69 Å². The number of nitrogens with zero attached hydrogens (tertiary/aromatic N) is 1. The molecule has 0 fully saturated rings. The summed E-state index contributed by atoms with van der Waals surface area (Å²) in [6.45, 7) is 0.279. The Balaban J connectivity index is 0.000000170. The molecule has 7 aromatic rings. The average molecular weight is 771 g/mol. The van der Waals surface area contributed by atoms with Crippen LogP contribution in [0.3, 0.4) is 0 Å². The van der Waals surface area contributed by atoms with Gasteiger partial charge in [0.2, 0.25) is 0 Å². The van der Waals surface area contributed by atoms with Gasteiger partial charge in [0.25, 0.3) is 0 Å². The van der Waals surface area contributed by atoms with Crippen LogP contribution in [0.5, 0.6) is 0 Å². The monoisotopic (exact) mass is 771 g/mol. The van der Waals surface area contributed by atoms with Crippen molar-refractivity contribution in [3.8, 4) is 0 Å². The number of rotatable bonds is 7. The predicted molar refractivity (Wildman–Crippen MR) is 213 cm³/mol.